The second kappa shape index (κ2) is 7.23. The first-order valence-electron chi connectivity index (χ1n) is 8.10. The Morgan fingerprint density at radius 1 is 1.35 bits per heavy atom. The number of morpholine rings is 1. The van der Waals surface area contributed by atoms with Crippen molar-refractivity contribution in [1.29, 1.82) is 0 Å². The molecule has 1 aromatic carbocycles. The van der Waals surface area contributed by atoms with E-state index in [1.807, 2.05) is 12.1 Å². The van der Waals surface area contributed by atoms with E-state index in [1.54, 1.807) is 11.3 Å². The molecule has 0 bridgehead atoms. The third kappa shape index (κ3) is 3.45. The Balaban J connectivity index is 1.93. The van der Waals surface area contributed by atoms with Gasteiger partial charge in [0.1, 0.15) is 0 Å². The summed E-state index contributed by atoms with van der Waals surface area (Å²) in [6, 6.07) is 3.93. The van der Waals surface area contributed by atoms with Gasteiger partial charge in [-0.3, -0.25) is 0 Å². The Bertz CT molecular complexity index is 678. The highest BCUT2D eigenvalue weighted by atomic mass is 32.1. The molecule has 23 heavy (non-hydrogen) atoms. The minimum absolute atomic E-state index is 0.172. The van der Waals surface area contributed by atoms with Gasteiger partial charge < -0.3 is 14.4 Å². The predicted octanol–water partition coefficient (Wildman–Crippen LogP) is 2.54. The first-order valence-corrected chi connectivity index (χ1v) is 8.91. The Labute approximate surface area is 139 Å². The fraction of sp³-hybridized carbons (Fsp3) is 0.562. The largest absolute Gasteiger partial charge is 0.488 e. The number of anilines is 1. The summed E-state index contributed by atoms with van der Waals surface area (Å²) in [7, 11) is 0. The third-order valence-corrected chi connectivity index (χ3v) is 5.16. The molecule has 2 aromatic rings. The highest BCUT2D eigenvalue weighted by Gasteiger charge is 2.18. The molecule has 0 amide bonds. The van der Waals surface area contributed by atoms with E-state index in [-0.39, 0.29) is 6.10 Å². The van der Waals surface area contributed by atoms with Crippen LogP contribution in [-0.2, 0) is 4.74 Å². The first kappa shape index (κ1) is 16.1. The van der Waals surface area contributed by atoms with Crippen LogP contribution in [-0.4, -0.2) is 37.4 Å². The SMILES string of the molecule is CCC(CC)Oc1cc2nc(N3CCOCC3)sc2cc1N=[NH2+]. The molecule has 0 aliphatic carbocycles. The summed E-state index contributed by atoms with van der Waals surface area (Å²) in [5.74, 6) is 0.715. The number of aromatic nitrogens is 1. The van der Waals surface area contributed by atoms with Gasteiger partial charge in [0.15, 0.2) is 16.6 Å². The van der Waals surface area contributed by atoms with Crippen LogP contribution in [0, 0.1) is 0 Å². The van der Waals surface area contributed by atoms with Gasteiger partial charge >= 0.3 is 0 Å². The Morgan fingerprint density at radius 2 is 2.09 bits per heavy atom. The molecule has 2 heterocycles. The topological polar surface area (TPSA) is 72.5 Å². The summed E-state index contributed by atoms with van der Waals surface area (Å²) in [4.78, 5) is 7.02. The number of nitrogens with zero attached hydrogens (tertiary/aromatic N) is 3. The molecule has 0 saturated carbocycles. The summed E-state index contributed by atoms with van der Waals surface area (Å²) < 4.78 is 12.5. The number of thiazole rings is 1. The molecule has 0 radical (unpaired) electrons. The molecule has 0 spiro atoms. The number of benzene rings is 1. The van der Waals surface area contributed by atoms with Gasteiger partial charge in [-0.05, 0) is 24.0 Å². The molecule has 7 heteroatoms. The highest BCUT2D eigenvalue weighted by molar-refractivity contribution is 7.22. The van der Waals surface area contributed by atoms with E-state index in [0.717, 1.165) is 54.5 Å². The normalized spacial score (nSPS) is 15.3. The van der Waals surface area contributed by atoms with Crippen LogP contribution < -0.4 is 15.2 Å². The Hall–Kier alpha value is -1.73. The molecule has 1 fully saturated rings. The van der Waals surface area contributed by atoms with E-state index < -0.39 is 0 Å². The van der Waals surface area contributed by atoms with E-state index in [1.165, 1.54) is 0 Å². The van der Waals surface area contributed by atoms with Gasteiger partial charge in [0.2, 0.25) is 0 Å². The number of rotatable bonds is 6. The van der Waals surface area contributed by atoms with Crippen molar-refractivity contribution < 1.29 is 15.0 Å². The molecular weight excluding hydrogens is 312 g/mol. The highest BCUT2D eigenvalue weighted by Crippen LogP contribution is 2.38. The van der Waals surface area contributed by atoms with E-state index in [2.05, 4.69) is 23.9 Å². The summed E-state index contributed by atoms with van der Waals surface area (Å²) >= 11 is 1.66. The van der Waals surface area contributed by atoms with Crippen LogP contribution in [0.5, 0.6) is 5.75 Å². The van der Waals surface area contributed by atoms with E-state index in [0.29, 0.717) is 11.4 Å². The molecular formula is C16H23N4O2S+. The predicted molar refractivity (Wildman–Crippen MR) is 91.7 cm³/mol. The average Bonchev–Trinajstić information content (AvgIpc) is 3.02. The van der Waals surface area contributed by atoms with Gasteiger partial charge in [-0.1, -0.05) is 25.2 Å². The number of hydrogen-bond donors (Lipinski definition) is 1. The van der Waals surface area contributed by atoms with Crippen LogP contribution in [0.1, 0.15) is 26.7 Å². The third-order valence-electron chi connectivity index (χ3n) is 4.08. The molecule has 6 nitrogen and oxygen atoms in total. The van der Waals surface area contributed by atoms with E-state index in [9.17, 15) is 0 Å². The van der Waals surface area contributed by atoms with Crippen molar-refractivity contribution in [2.24, 2.45) is 5.11 Å². The maximum absolute atomic E-state index is 6.05. The Kier molecular flexibility index (Phi) is 5.07. The van der Waals surface area contributed by atoms with Crippen LogP contribution in [0.25, 0.3) is 10.2 Å². The van der Waals surface area contributed by atoms with Crippen molar-refractivity contribution in [2.45, 2.75) is 32.8 Å². The molecule has 3 rings (SSSR count). The molecule has 0 atom stereocenters. The van der Waals surface area contributed by atoms with Crippen LogP contribution >= 0.6 is 11.3 Å². The summed E-state index contributed by atoms with van der Waals surface area (Å²) in [6.07, 6.45) is 2.08. The van der Waals surface area contributed by atoms with Crippen molar-refractivity contribution in [3.05, 3.63) is 12.1 Å². The molecule has 124 valence electrons. The number of hydrogen-bond acceptors (Lipinski definition) is 6. The zero-order valence-corrected chi connectivity index (χ0v) is 14.4. The van der Waals surface area contributed by atoms with Crippen molar-refractivity contribution in [3.63, 3.8) is 0 Å². The van der Waals surface area contributed by atoms with Crippen molar-refractivity contribution in [3.8, 4) is 5.75 Å². The summed E-state index contributed by atoms with van der Waals surface area (Å²) in [6.45, 7) is 7.50. The fourth-order valence-corrected chi connectivity index (χ4v) is 3.68. The van der Waals surface area contributed by atoms with Crippen molar-refractivity contribution in [2.75, 3.05) is 31.2 Å². The zero-order chi connectivity index (χ0) is 16.2. The Morgan fingerprint density at radius 3 is 2.74 bits per heavy atom. The lowest BCUT2D eigenvalue weighted by Gasteiger charge is -2.25. The average molecular weight is 335 g/mol. The van der Waals surface area contributed by atoms with Crippen LogP contribution in [0.2, 0.25) is 0 Å². The number of nitrogens with two attached hydrogens (primary N) is 1. The van der Waals surface area contributed by atoms with E-state index in [4.69, 9.17) is 20.0 Å². The van der Waals surface area contributed by atoms with Gasteiger partial charge in [-0.15, -0.1) is 0 Å². The lowest BCUT2D eigenvalue weighted by Crippen LogP contribution is -2.36. The second-order valence-corrected chi connectivity index (χ2v) is 6.58. The maximum Gasteiger partial charge on any atom is 0.186 e. The number of fused-ring (bicyclic) bond motifs is 1. The minimum atomic E-state index is 0.172. The lowest BCUT2D eigenvalue weighted by molar-refractivity contribution is -0.210. The molecule has 2 N–H and O–H groups in total. The summed E-state index contributed by atoms with van der Waals surface area (Å²) in [5.41, 5.74) is 7.17. The minimum Gasteiger partial charge on any atom is -0.488 e. The fourth-order valence-electron chi connectivity index (χ4n) is 2.65. The standard InChI is InChI=1S/C16H22N4O2S/c1-3-11(4-2)22-14-9-13-15(10-12(14)19-17)23-16(18-13)20-5-7-21-8-6-20/h9-11,17H,3-8H2,1-2H3/p+1. The molecule has 0 unspecified atom stereocenters. The summed E-state index contributed by atoms with van der Waals surface area (Å²) in [5, 5.41) is 4.90. The number of ether oxygens (including phenoxy) is 2. The first-order chi connectivity index (χ1) is 11.2. The molecule has 1 aliphatic heterocycles. The maximum atomic E-state index is 6.05. The van der Waals surface area contributed by atoms with Crippen LogP contribution in [0.15, 0.2) is 17.2 Å². The van der Waals surface area contributed by atoms with Gasteiger partial charge in [0, 0.05) is 19.2 Å². The molecule has 1 aromatic heterocycles. The molecule has 1 saturated heterocycles. The lowest BCUT2D eigenvalue weighted by atomic mass is 10.2. The van der Waals surface area contributed by atoms with E-state index >= 15 is 0 Å². The van der Waals surface area contributed by atoms with Gasteiger partial charge in [0.25, 0.3) is 0 Å². The quantitative estimate of drug-likeness (QED) is 0.824. The second-order valence-electron chi connectivity index (χ2n) is 5.57. The van der Waals surface area contributed by atoms with Crippen molar-refractivity contribution >= 4 is 32.4 Å². The zero-order valence-electron chi connectivity index (χ0n) is 13.6. The van der Waals surface area contributed by atoms with Crippen molar-refractivity contribution in [1.82, 2.24) is 4.98 Å². The smallest absolute Gasteiger partial charge is 0.186 e. The van der Waals surface area contributed by atoms with Crippen LogP contribution in [0.3, 0.4) is 0 Å². The molecule has 1 aliphatic rings. The van der Waals surface area contributed by atoms with Gasteiger partial charge in [-0.25, -0.2) is 4.98 Å². The monoisotopic (exact) mass is 335 g/mol. The van der Waals surface area contributed by atoms with Gasteiger partial charge in [0.05, 0.1) is 29.5 Å². The van der Waals surface area contributed by atoms with Crippen LogP contribution in [0.4, 0.5) is 10.8 Å². The van der Waals surface area contributed by atoms with Gasteiger partial charge in [-0.2, -0.15) is 5.53 Å².